The second kappa shape index (κ2) is 15.3. The van der Waals surface area contributed by atoms with E-state index in [0.29, 0.717) is 11.4 Å². The molecule has 0 saturated heterocycles. The number of fused-ring (bicyclic) bond motifs is 3. The van der Waals surface area contributed by atoms with Crippen LogP contribution in [0.25, 0.3) is 67.7 Å². The molecule has 0 unspecified atom stereocenters. The first-order chi connectivity index (χ1) is 29.5. The largest absolute Gasteiger partial charge is 0.309 e. The highest BCUT2D eigenvalue weighted by atomic mass is 31.2. The summed E-state index contributed by atoms with van der Waals surface area (Å²) < 4.78 is 15.1. The van der Waals surface area contributed by atoms with Crippen LogP contribution in [-0.4, -0.2) is 26.4 Å². The molecule has 10 rings (SSSR count). The number of nitrogens with one attached hydrogen (secondary N) is 2. The van der Waals surface area contributed by atoms with E-state index in [4.69, 9.17) is 15.0 Å². The van der Waals surface area contributed by atoms with Crippen LogP contribution in [0.2, 0.25) is 0 Å². The molecule has 0 atom stereocenters. The lowest BCUT2D eigenvalue weighted by atomic mass is 9.82. The van der Waals surface area contributed by atoms with Gasteiger partial charge in [0.05, 0.1) is 34.0 Å². The van der Waals surface area contributed by atoms with Crippen molar-refractivity contribution in [2.75, 3.05) is 0 Å². The predicted octanol–water partition coefficient (Wildman–Crippen LogP) is 11.3. The minimum absolute atomic E-state index is 0.161. The number of hydrogen-bond acceptors (Lipinski definition) is 6. The topological polar surface area (TPSA) is 103 Å². The Morgan fingerprint density at radius 1 is 0.417 bits per heavy atom. The molecule has 9 aromatic rings. The Balaban J connectivity index is 1.05. The van der Waals surface area contributed by atoms with Gasteiger partial charge in [-0.1, -0.05) is 188 Å². The molecular weight excluding hydrogens is 754 g/mol. The zero-order valence-corrected chi connectivity index (χ0v) is 33.2. The van der Waals surface area contributed by atoms with E-state index in [9.17, 15) is 10.8 Å². The molecule has 0 spiro atoms. The van der Waals surface area contributed by atoms with Gasteiger partial charge in [0.15, 0.2) is 13.0 Å². The van der Waals surface area contributed by atoms with E-state index in [1.165, 1.54) is 0 Å². The van der Waals surface area contributed by atoms with E-state index >= 15 is 4.57 Å². The molecule has 284 valence electrons. The van der Waals surface area contributed by atoms with Gasteiger partial charge in [0.25, 0.3) is 0 Å². The van der Waals surface area contributed by atoms with Crippen LogP contribution >= 0.6 is 7.14 Å². The molecule has 2 heterocycles. The van der Waals surface area contributed by atoms with Crippen LogP contribution in [0.4, 0.5) is 0 Å². The number of para-hydroxylation sites is 1. The molecular formula is C53H36N5OP. The summed E-state index contributed by atoms with van der Waals surface area (Å²) in [5.41, 5.74) is 10.0. The maximum atomic E-state index is 15.1. The van der Waals surface area contributed by atoms with Gasteiger partial charge in [0, 0.05) is 60.3 Å². The van der Waals surface area contributed by atoms with Crippen molar-refractivity contribution in [1.29, 1.82) is 10.8 Å². The fourth-order valence-electron chi connectivity index (χ4n) is 8.00. The summed E-state index contributed by atoms with van der Waals surface area (Å²) in [6.07, 6.45) is 2.01. The van der Waals surface area contributed by atoms with Gasteiger partial charge in [-0.3, -0.25) is 10.8 Å². The minimum Gasteiger partial charge on any atom is -0.309 e. The normalized spacial score (nSPS) is 12.6. The number of pyridine rings is 1. The Morgan fingerprint density at radius 2 is 0.883 bits per heavy atom. The zero-order valence-electron chi connectivity index (χ0n) is 32.3. The Labute approximate surface area is 348 Å². The quantitative estimate of drug-likeness (QED) is 0.150. The zero-order chi connectivity index (χ0) is 40.6. The van der Waals surface area contributed by atoms with Crippen molar-refractivity contribution in [1.82, 2.24) is 15.0 Å². The van der Waals surface area contributed by atoms with Gasteiger partial charge < -0.3 is 4.57 Å². The second-order valence-corrected chi connectivity index (χ2v) is 17.4. The first-order valence-electron chi connectivity index (χ1n) is 19.7. The fraction of sp³-hybridized carbons (Fsp3) is 0. The molecule has 6 nitrogen and oxygen atoms in total. The van der Waals surface area contributed by atoms with Crippen molar-refractivity contribution < 1.29 is 4.57 Å². The van der Waals surface area contributed by atoms with Crippen molar-refractivity contribution in [3.05, 3.63) is 217 Å². The lowest BCUT2D eigenvalue weighted by Crippen LogP contribution is -2.24. The third-order valence-electron chi connectivity index (χ3n) is 11.1. The van der Waals surface area contributed by atoms with Crippen molar-refractivity contribution in [2.24, 2.45) is 0 Å². The molecule has 0 saturated carbocycles. The number of hydrogen-bond donors (Lipinski definition) is 2. The maximum Gasteiger partial charge on any atom is 0.171 e. The highest BCUT2D eigenvalue weighted by molar-refractivity contribution is 7.85. The van der Waals surface area contributed by atoms with Crippen LogP contribution in [0, 0.1) is 10.8 Å². The van der Waals surface area contributed by atoms with Crippen molar-refractivity contribution in [2.45, 2.75) is 0 Å². The van der Waals surface area contributed by atoms with E-state index in [2.05, 4.69) is 0 Å². The first-order valence-corrected chi connectivity index (χ1v) is 21.4. The Hall–Kier alpha value is -7.66. The summed E-state index contributed by atoms with van der Waals surface area (Å²) in [7, 11) is -3.14. The number of rotatable bonds is 8. The van der Waals surface area contributed by atoms with Crippen molar-refractivity contribution in [3.8, 4) is 45.2 Å². The average Bonchev–Trinajstić information content (AvgIpc) is 3.33. The predicted molar refractivity (Wildman–Crippen MR) is 247 cm³/mol. The standard InChI is InChI=1S/C53H36N5OP/c54-50-44(33-45-49(51(50)55)43-23-13-14-24-46(43)56-52(45)38-15-5-1-6-16-38)35-25-27-36(28-26-35)47-34-48(58-53(57-47)39-17-7-2-8-18-39)37-29-31-42(32-30-37)60(59,40-19-9-3-10-20-40)41-21-11-4-12-22-41/h1-34,54-55H. The second-order valence-electron chi connectivity index (χ2n) is 14.7. The van der Waals surface area contributed by atoms with Gasteiger partial charge in [0.2, 0.25) is 0 Å². The summed E-state index contributed by atoms with van der Waals surface area (Å²) in [5.74, 6) is 0.588. The highest BCUT2D eigenvalue weighted by Gasteiger charge is 2.30. The van der Waals surface area contributed by atoms with Crippen LogP contribution in [0.1, 0.15) is 16.7 Å². The van der Waals surface area contributed by atoms with Gasteiger partial charge in [-0.05, 0) is 23.8 Å². The van der Waals surface area contributed by atoms with Crippen LogP contribution < -0.4 is 15.9 Å². The molecule has 1 aliphatic rings. The van der Waals surface area contributed by atoms with Gasteiger partial charge >= 0.3 is 0 Å². The third kappa shape index (κ3) is 6.50. The smallest absolute Gasteiger partial charge is 0.171 e. The van der Waals surface area contributed by atoms with Gasteiger partial charge in [-0.2, -0.15) is 0 Å². The number of benzene rings is 7. The number of aromatic nitrogens is 3. The summed E-state index contributed by atoms with van der Waals surface area (Å²) in [5, 5.41) is 21.7. The average molecular weight is 790 g/mol. The molecule has 0 bridgehead atoms. The van der Waals surface area contributed by atoms with E-state index in [1.54, 1.807) is 0 Å². The van der Waals surface area contributed by atoms with Crippen molar-refractivity contribution >= 4 is 57.0 Å². The Kier molecular flexibility index (Phi) is 9.32. The molecule has 2 N–H and O–H groups in total. The molecule has 0 fully saturated rings. The molecule has 0 amide bonds. The van der Waals surface area contributed by atoms with E-state index < -0.39 is 7.14 Å². The highest BCUT2D eigenvalue weighted by Crippen LogP contribution is 2.43. The molecule has 0 aliphatic heterocycles. The van der Waals surface area contributed by atoms with E-state index in [0.717, 1.165) is 82.8 Å². The summed E-state index contributed by atoms with van der Waals surface area (Å²) in [6, 6.07) is 65.1. The monoisotopic (exact) mass is 789 g/mol. The Morgan fingerprint density at radius 3 is 1.47 bits per heavy atom. The lowest BCUT2D eigenvalue weighted by molar-refractivity contribution is 0.592. The minimum atomic E-state index is -3.14. The van der Waals surface area contributed by atoms with Crippen LogP contribution in [0.15, 0.2) is 200 Å². The van der Waals surface area contributed by atoms with Gasteiger partial charge in [-0.15, -0.1) is 0 Å². The molecule has 0 radical (unpaired) electrons. The van der Waals surface area contributed by atoms with Gasteiger partial charge in [-0.25, -0.2) is 15.0 Å². The van der Waals surface area contributed by atoms with Crippen LogP contribution in [0.3, 0.4) is 0 Å². The number of allylic oxidation sites excluding steroid dienone is 1. The van der Waals surface area contributed by atoms with E-state index in [1.807, 2.05) is 206 Å². The molecule has 1 aliphatic carbocycles. The van der Waals surface area contributed by atoms with Crippen molar-refractivity contribution in [3.63, 3.8) is 0 Å². The SMILES string of the molecule is N=C1C(=N)c2c(c(-c3ccccc3)nc3ccccc23)C=C1c1ccc(-c2cc(-c3ccc(P(=O)(c4ccccc4)c4ccccc4)cc3)nc(-c3ccccc3)n2)cc1. The van der Waals surface area contributed by atoms with Crippen LogP contribution in [0.5, 0.6) is 0 Å². The fourth-order valence-corrected chi connectivity index (χ4v) is 10.6. The lowest BCUT2D eigenvalue weighted by Gasteiger charge is -2.23. The molecule has 7 heteroatoms. The molecule has 2 aromatic heterocycles. The summed E-state index contributed by atoms with van der Waals surface area (Å²) >= 11 is 0. The summed E-state index contributed by atoms with van der Waals surface area (Å²) in [4.78, 5) is 15.2. The number of nitrogens with zero attached hydrogens (tertiary/aromatic N) is 3. The maximum absolute atomic E-state index is 15.1. The first kappa shape index (κ1) is 36.7. The van der Waals surface area contributed by atoms with E-state index in [-0.39, 0.29) is 11.4 Å². The molecule has 7 aromatic carbocycles. The van der Waals surface area contributed by atoms with Gasteiger partial charge in [0.1, 0.15) is 0 Å². The van der Waals surface area contributed by atoms with Crippen LogP contribution in [-0.2, 0) is 4.57 Å². The Bertz CT molecular complexity index is 3120. The molecule has 60 heavy (non-hydrogen) atoms. The summed E-state index contributed by atoms with van der Waals surface area (Å²) in [6.45, 7) is 0. The third-order valence-corrected chi connectivity index (χ3v) is 14.1.